The van der Waals surface area contributed by atoms with E-state index in [9.17, 15) is 22.8 Å². The lowest BCUT2D eigenvalue weighted by Gasteiger charge is -2.10. The molecule has 0 aliphatic heterocycles. The zero-order valence-electron chi connectivity index (χ0n) is 13.7. The van der Waals surface area contributed by atoms with Crippen molar-refractivity contribution in [2.45, 2.75) is 12.6 Å². The zero-order chi connectivity index (χ0) is 19.0. The minimum Gasteiger partial charge on any atom is -0.494 e. The van der Waals surface area contributed by atoms with Crippen LogP contribution in [0.3, 0.4) is 0 Å². The molecule has 5 nitrogen and oxygen atoms in total. The fourth-order valence-corrected chi connectivity index (χ4v) is 2.02. The largest absolute Gasteiger partial charge is 0.494 e. The summed E-state index contributed by atoms with van der Waals surface area (Å²) in [6.45, 7) is 0.694. The van der Waals surface area contributed by atoms with Gasteiger partial charge in [-0.15, -0.1) is 0 Å². The number of rotatable bonds is 7. The van der Waals surface area contributed by atoms with E-state index in [0.29, 0.717) is 30.9 Å². The molecule has 0 aromatic heterocycles. The van der Waals surface area contributed by atoms with Gasteiger partial charge in [0.25, 0.3) is 0 Å². The van der Waals surface area contributed by atoms with Gasteiger partial charge < -0.3 is 15.4 Å². The number of carbonyl (C=O) groups excluding carboxylic acids is 2. The first kappa shape index (κ1) is 19.3. The standard InChI is InChI=1S/C18H17F3N2O3/c19-18(20,21)14-4-6-15(7-5-14)23-17(25)22-10-1-11-26-16-8-2-13(12-24)3-9-16/h2-9,12H,1,10-11H2,(H2,22,23,25). The molecule has 138 valence electrons. The van der Waals surface area contributed by atoms with E-state index < -0.39 is 17.8 Å². The summed E-state index contributed by atoms with van der Waals surface area (Å²) in [4.78, 5) is 22.2. The van der Waals surface area contributed by atoms with Gasteiger partial charge >= 0.3 is 12.2 Å². The van der Waals surface area contributed by atoms with Crippen molar-refractivity contribution >= 4 is 18.0 Å². The first-order chi connectivity index (χ1) is 12.4. The summed E-state index contributed by atoms with van der Waals surface area (Å²) in [7, 11) is 0. The topological polar surface area (TPSA) is 67.4 Å². The molecule has 0 heterocycles. The first-order valence-corrected chi connectivity index (χ1v) is 7.78. The third-order valence-electron chi connectivity index (χ3n) is 3.36. The van der Waals surface area contributed by atoms with Crippen LogP contribution in [0.25, 0.3) is 0 Å². The van der Waals surface area contributed by atoms with Gasteiger partial charge in [0, 0.05) is 17.8 Å². The molecule has 2 aromatic rings. The number of nitrogens with one attached hydrogen (secondary N) is 2. The van der Waals surface area contributed by atoms with Gasteiger partial charge in [0.05, 0.1) is 12.2 Å². The summed E-state index contributed by atoms with van der Waals surface area (Å²) in [6, 6.07) is 10.3. The Balaban J connectivity index is 1.66. The zero-order valence-corrected chi connectivity index (χ0v) is 13.7. The van der Waals surface area contributed by atoms with Crippen molar-refractivity contribution in [1.29, 1.82) is 0 Å². The van der Waals surface area contributed by atoms with Crippen molar-refractivity contribution in [2.24, 2.45) is 0 Å². The first-order valence-electron chi connectivity index (χ1n) is 7.78. The number of aldehydes is 1. The molecule has 0 fully saturated rings. The number of carbonyl (C=O) groups is 2. The minimum absolute atomic E-state index is 0.266. The molecule has 0 saturated heterocycles. The SMILES string of the molecule is O=Cc1ccc(OCCCNC(=O)Nc2ccc(C(F)(F)F)cc2)cc1. The van der Waals surface area contributed by atoms with Gasteiger partial charge in [-0.3, -0.25) is 4.79 Å². The van der Waals surface area contributed by atoms with E-state index in [1.807, 2.05) is 0 Å². The van der Waals surface area contributed by atoms with Gasteiger partial charge in [0.15, 0.2) is 0 Å². The Morgan fingerprint density at radius 3 is 2.27 bits per heavy atom. The monoisotopic (exact) mass is 366 g/mol. The maximum absolute atomic E-state index is 12.5. The average molecular weight is 366 g/mol. The number of urea groups is 1. The second kappa shape index (κ2) is 8.89. The lowest BCUT2D eigenvalue weighted by Crippen LogP contribution is -2.30. The molecule has 2 rings (SSSR count). The molecule has 0 bridgehead atoms. The van der Waals surface area contributed by atoms with E-state index in [0.717, 1.165) is 18.4 Å². The summed E-state index contributed by atoms with van der Waals surface area (Å²) >= 11 is 0. The smallest absolute Gasteiger partial charge is 0.416 e. The normalized spacial score (nSPS) is 10.9. The van der Waals surface area contributed by atoms with E-state index in [4.69, 9.17) is 4.74 Å². The Labute approximate surface area is 148 Å². The number of hydrogen-bond donors (Lipinski definition) is 2. The molecular formula is C18H17F3N2O3. The maximum atomic E-state index is 12.5. The summed E-state index contributed by atoms with van der Waals surface area (Å²) < 4.78 is 42.8. The maximum Gasteiger partial charge on any atom is 0.416 e. The van der Waals surface area contributed by atoms with Gasteiger partial charge in [-0.05, 0) is 55.0 Å². The van der Waals surface area contributed by atoms with E-state index in [1.165, 1.54) is 12.1 Å². The highest BCUT2D eigenvalue weighted by atomic mass is 19.4. The van der Waals surface area contributed by atoms with E-state index >= 15 is 0 Å². The molecule has 0 aliphatic rings. The lowest BCUT2D eigenvalue weighted by molar-refractivity contribution is -0.137. The van der Waals surface area contributed by atoms with E-state index in [2.05, 4.69) is 10.6 Å². The van der Waals surface area contributed by atoms with Gasteiger partial charge in [-0.1, -0.05) is 0 Å². The summed E-state index contributed by atoms with van der Waals surface area (Å²) in [5, 5.41) is 5.03. The number of amides is 2. The molecule has 0 aliphatic carbocycles. The molecule has 0 spiro atoms. The van der Waals surface area contributed by atoms with Gasteiger partial charge in [-0.25, -0.2) is 4.79 Å². The molecule has 0 unspecified atom stereocenters. The highest BCUT2D eigenvalue weighted by Crippen LogP contribution is 2.29. The predicted octanol–water partition coefficient (Wildman–Crippen LogP) is 4.11. The lowest BCUT2D eigenvalue weighted by atomic mass is 10.2. The van der Waals surface area contributed by atoms with Crippen LogP contribution in [0.2, 0.25) is 0 Å². The van der Waals surface area contributed by atoms with Crippen LogP contribution in [0.5, 0.6) is 5.75 Å². The molecule has 8 heteroatoms. The van der Waals surface area contributed by atoms with Crippen molar-refractivity contribution in [3.8, 4) is 5.75 Å². The van der Waals surface area contributed by atoms with Crippen LogP contribution in [0.4, 0.5) is 23.7 Å². The van der Waals surface area contributed by atoms with Crippen LogP contribution < -0.4 is 15.4 Å². The Morgan fingerprint density at radius 2 is 1.69 bits per heavy atom. The van der Waals surface area contributed by atoms with Gasteiger partial charge in [0.2, 0.25) is 0 Å². The molecule has 2 amide bonds. The number of benzene rings is 2. The Hall–Kier alpha value is -3.03. The van der Waals surface area contributed by atoms with Crippen LogP contribution in [0, 0.1) is 0 Å². The van der Waals surface area contributed by atoms with Crippen molar-refractivity contribution in [1.82, 2.24) is 5.32 Å². The number of alkyl halides is 3. The Kier molecular flexibility index (Phi) is 6.60. The fraction of sp³-hybridized carbons (Fsp3) is 0.222. The highest BCUT2D eigenvalue weighted by Gasteiger charge is 2.29. The minimum atomic E-state index is -4.41. The van der Waals surface area contributed by atoms with E-state index in [1.54, 1.807) is 24.3 Å². The highest BCUT2D eigenvalue weighted by molar-refractivity contribution is 5.89. The Morgan fingerprint density at radius 1 is 1.04 bits per heavy atom. The quantitative estimate of drug-likeness (QED) is 0.572. The molecule has 2 aromatic carbocycles. The van der Waals surface area contributed by atoms with Crippen LogP contribution >= 0.6 is 0 Å². The van der Waals surface area contributed by atoms with Crippen molar-refractivity contribution < 1.29 is 27.5 Å². The third-order valence-corrected chi connectivity index (χ3v) is 3.36. The molecule has 0 saturated carbocycles. The predicted molar refractivity (Wildman–Crippen MR) is 90.4 cm³/mol. The summed E-state index contributed by atoms with van der Waals surface area (Å²) in [6.07, 6.45) is -3.13. The Bertz CT molecular complexity index is 729. The number of ether oxygens (including phenoxy) is 1. The van der Waals surface area contributed by atoms with Crippen LogP contribution in [-0.2, 0) is 6.18 Å². The second-order valence-electron chi connectivity index (χ2n) is 5.34. The second-order valence-corrected chi connectivity index (χ2v) is 5.34. The molecular weight excluding hydrogens is 349 g/mol. The number of hydrogen-bond acceptors (Lipinski definition) is 3. The molecule has 0 atom stereocenters. The number of anilines is 1. The van der Waals surface area contributed by atoms with Gasteiger partial charge in [-0.2, -0.15) is 13.2 Å². The van der Waals surface area contributed by atoms with Crippen molar-refractivity contribution in [3.63, 3.8) is 0 Å². The van der Waals surface area contributed by atoms with E-state index in [-0.39, 0.29) is 5.69 Å². The van der Waals surface area contributed by atoms with Crippen LogP contribution in [-0.4, -0.2) is 25.5 Å². The average Bonchev–Trinajstić information content (AvgIpc) is 2.61. The van der Waals surface area contributed by atoms with Crippen LogP contribution in [0.15, 0.2) is 48.5 Å². The third kappa shape index (κ3) is 6.12. The van der Waals surface area contributed by atoms with Crippen LogP contribution in [0.1, 0.15) is 22.3 Å². The summed E-state index contributed by atoms with van der Waals surface area (Å²) in [5.41, 5.74) is 0.0442. The molecule has 2 N–H and O–H groups in total. The molecule has 0 radical (unpaired) electrons. The van der Waals surface area contributed by atoms with Crippen molar-refractivity contribution in [2.75, 3.05) is 18.5 Å². The molecule has 26 heavy (non-hydrogen) atoms. The van der Waals surface area contributed by atoms with Gasteiger partial charge in [0.1, 0.15) is 12.0 Å². The summed E-state index contributed by atoms with van der Waals surface area (Å²) in [5.74, 6) is 0.616. The van der Waals surface area contributed by atoms with Crippen molar-refractivity contribution in [3.05, 3.63) is 59.7 Å². The fourth-order valence-electron chi connectivity index (χ4n) is 2.02. The number of halogens is 3.